The Labute approximate surface area is 257 Å². The molecule has 0 aliphatic carbocycles. The number of anilines is 1. The minimum Gasteiger partial charge on any atom is -0.337 e. The molecule has 0 N–H and O–H groups in total. The summed E-state index contributed by atoms with van der Waals surface area (Å²) < 4.78 is 26.6. The maximum absolute atomic E-state index is 13.7. The highest BCUT2D eigenvalue weighted by atomic mass is 32.2. The molecule has 0 aromatic heterocycles. The molecule has 230 valence electrons. The van der Waals surface area contributed by atoms with Crippen molar-refractivity contribution in [3.05, 3.63) is 95.1 Å². The summed E-state index contributed by atoms with van der Waals surface area (Å²) in [4.78, 5) is 33.7. The van der Waals surface area contributed by atoms with Gasteiger partial charge >= 0.3 is 0 Å². The van der Waals surface area contributed by atoms with Crippen LogP contribution in [0.2, 0.25) is 0 Å². The van der Waals surface area contributed by atoms with Crippen LogP contribution in [0, 0.1) is 19.8 Å². The van der Waals surface area contributed by atoms with Gasteiger partial charge in [0, 0.05) is 44.8 Å². The quantitative estimate of drug-likeness (QED) is 0.343. The van der Waals surface area contributed by atoms with E-state index in [0.29, 0.717) is 49.0 Å². The van der Waals surface area contributed by atoms with Crippen LogP contribution in [0.4, 0.5) is 5.69 Å². The Morgan fingerprint density at radius 2 is 1.56 bits per heavy atom. The number of fused-ring (bicyclic) bond motifs is 1. The third-order valence-corrected chi connectivity index (χ3v) is 9.78. The monoisotopic (exact) mass is 603 g/mol. The first-order valence-corrected chi connectivity index (χ1v) is 16.9. The highest BCUT2D eigenvalue weighted by Gasteiger charge is 2.26. The number of hydrogen-bond donors (Lipinski definition) is 0. The van der Waals surface area contributed by atoms with E-state index in [4.69, 9.17) is 0 Å². The number of carbonyl (C=O) groups is 2. The maximum Gasteiger partial charge on any atom is 0.231 e. The summed E-state index contributed by atoms with van der Waals surface area (Å²) in [6.07, 6.45) is 1.01. The van der Waals surface area contributed by atoms with Gasteiger partial charge in [0.1, 0.15) is 0 Å². The van der Waals surface area contributed by atoms with Crippen molar-refractivity contribution >= 4 is 27.3 Å². The molecule has 0 atom stereocenters. The lowest BCUT2D eigenvalue weighted by Gasteiger charge is -2.29. The topological polar surface area (TPSA) is 78.0 Å². The summed E-state index contributed by atoms with van der Waals surface area (Å²) in [5, 5.41) is 0. The van der Waals surface area contributed by atoms with Crippen LogP contribution in [0.1, 0.15) is 48.9 Å². The fourth-order valence-corrected chi connectivity index (χ4v) is 7.30. The van der Waals surface area contributed by atoms with Crippen LogP contribution in [0.5, 0.6) is 0 Å². The van der Waals surface area contributed by atoms with Gasteiger partial charge in [0.2, 0.25) is 11.8 Å². The number of amides is 2. The largest absolute Gasteiger partial charge is 0.337 e. The summed E-state index contributed by atoms with van der Waals surface area (Å²) >= 11 is 0. The zero-order valence-electron chi connectivity index (χ0n) is 26.0. The minimum absolute atomic E-state index is 0.0193. The van der Waals surface area contributed by atoms with Gasteiger partial charge in [-0.05, 0) is 67.1 Å². The van der Waals surface area contributed by atoms with Gasteiger partial charge in [-0.2, -0.15) is 0 Å². The zero-order chi connectivity index (χ0) is 31.0. The highest BCUT2D eigenvalue weighted by molar-refractivity contribution is 7.91. The van der Waals surface area contributed by atoms with Gasteiger partial charge in [-0.3, -0.25) is 9.59 Å². The molecule has 3 aromatic rings. The molecule has 4 rings (SSSR count). The van der Waals surface area contributed by atoms with E-state index in [1.807, 2.05) is 78.6 Å². The van der Waals surface area contributed by atoms with Gasteiger partial charge in [-0.15, -0.1) is 0 Å². The summed E-state index contributed by atoms with van der Waals surface area (Å²) in [6, 6.07) is 22.9. The van der Waals surface area contributed by atoms with Crippen LogP contribution >= 0.6 is 0 Å². The third kappa shape index (κ3) is 9.00. The fourth-order valence-electron chi connectivity index (χ4n) is 5.71. The molecular formula is C35H45N3O4S. The second kappa shape index (κ2) is 14.8. The molecule has 1 heterocycles. The highest BCUT2D eigenvalue weighted by Crippen LogP contribution is 2.25. The summed E-state index contributed by atoms with van der Waals surface area (Å²) in [5.74, 6) is 0.0245. The minimum atomic E-state index is -3.63. The lowest BCUT2D eigenvalue weighted by molar-refractivity contribution is -0.131. The standard InChI is InChI=1S/C35H45N3O4S/c1-27(2)25-36-18-10-19-38(35(40)24-30-11-6-5-7-12-30)32-14-9-8-13-31(32)26-37(21-20-36)34(39)17-22-43(41,42)33-23-28(3)15-16-29(33)4/h5-9,11-16,23,27H,10,17-22,24-26H2,1-4H3. The maximum atomic E-state index is 13.7. The van der Waals surface area contributed by atoms with Gasteiger partial charge in [0.25, 0.3) is 0 Å². The molecule has 1 aliphatic rings. The Morgan fingerprint density at radius 1 is 0.837 bits per heavy atom. The summed E-state index contributed by atoms with van der Waals surface area (Å²) in [5.41, 5.74) is 4.21. The van der Waals surface area contributed by atoms with Crippen molar-refractivity contribution in [2.75, 3.05) is 43.4 Å². The normalized spacial score (nSPS) is 15.2. The van der Waals surface area contributed by atoms with Crippen molar-refractivity contribution < 1.29 is 18.0 Å². The van der Waals surface area contributed by atoms with Crippen molar-refractivity contribution in [2.24, 2.45) is 5.92 Å². The number of aryl methyl sites for hydroxylation is 2. The lowest BCUT2D eigenvalue weighted by atomic mass is 10.1. The van der Waals surface area contributed by atoms with E-state index in [0.717, 1.165) is 41.9 Å². The molecule has 0 spiro atoms. The Morgan fingerprint density at radius 3 is 2.30 bits per heavy atom. The van der Waals surface area contributed by atoms with Gasteiger partial charge in [0.15, 0.2) is 9.84 Å². The first kappa shape index (κ1) is 32.4. The third-order valence-electron chi connectivity index (χ3n) is 7.92. The fraction of sp³-hybridized carbons (Fsp3) is 0.429. The Bertz CT molecular complexity index is 1500. The number of rotatable bonds is 8. The Hall–Kier alpha value is -3.49. The van der Waals surface area contributed by atoms with Crippen LogP contribution in [-0.4, -0.2) is 68.5 Å². The number of carbonyl (C=O) groups excluding carboxylic acids is 2. The molecule has 3 aromatic carbocycles. The number of sulfone groups is 1. The molecule has 2 amide bonds. The lowest BCUT2D eigenvalue weighted by Crippen LogP contribution is -2.40. The molecular weight excluding hydrogens is 558 g/mol. The molecule has 0 radical (unpaired) electrons. The van der Waals surface area contributed by atoms with E-state index in [-0.39, 0.29) is 24.0 Å². The zero-order valence-corrected chi connectivity index (χ0v) is 26.8. The smallest absolute Gasteiger partial charge is 0.231 e. The first-order chi connectivity index (χ1) is 20.5. The van der Waals surface area contributed by atoms with E-state index in [9.17, 15) is 18.0 Å². The predicted molar refractivity (Wildman–Crippen MR) is 173 cm³/mol. The number of para-hydroxylation sites is 1. The van der Waals surface area contributed by atoms with Gasteiger partial charge in [0.05, 0.1) is 17.1 Å². The molecule has 0 saturated heterocycles. The van der Waals surface area contributed by atoms with Crippen LogP contribution < -0.4 is 4.90 Å². The van der Waals surface area contributed by atoms with Gasteiger partial charge < -0.3 is 14.7 Å². The van der Waals surface area contributed by atoms with E-state index in [1.165, 1.54) is 0 Å². The molecule has 0 saturated carbocycles. The average molecular weight is 604 g/mol. The van der Waals surface area contributed by atoms with Crippen molar-refractivity contribution in [2.45, 2.75) is 58.4 Å². The van der Waals surface area contributed by atoms with Crippen LogP contribution in [0.15, 0.2) is 77.7 Å². The molecule has 0 bridgehead atoms. The van der Waals surface area contributed by atoms with Crippen LogP contribution in [0.25, 0.3) is 0 Å². The second-order valence-corrected chi connectivity index (χ2v) is 14.1. The van der Waals surface area contributed by atoms with E-state index in [2.05, 4.69) is 18.7 Å². The van der Waals surface area contributed by atoms with Crippen molar-refractivity contribution in [3.8, 4) is 0 Å². The number of benzene rings is 3. The van der Waals surface area contributed by atoms with E-state index in [1.54, 1.807) is 17.9 Å². The van der Waals surface area contributed by atoms with E-state index >= 15 is 0 Å². The van der Waals surface area contributed by atoms with Crippen molar-refractivity contribution in [1.29, 1.82) is 0 Å². The second-order valence-electron chi connectivity index (χ2n) is 12.0. The van der Waals surface area contributed by atoms with Crippen LogP contribution in [-0.2, 0) is 32.4 Å². The van der Waals surface area contributed by atoms with Gasteiger partial charge in [-0.25, -0.2) is 8.42 Å². The predicted octanol–water partition coefficient (Wildman–Crippen LogP) is 5.43. The number of nitrogens with zero attached hydrogens (tertiary/aromatic N) is 3. The molecule has 0 fully saturated rings. The SMILES string of the molecule is Cc1ccc(C)c(S(=O)(=O)CCC(=O)N2CCN(CC(C)C)CCCN(C(=O)Cc3ccccc3)c3ccccc3C2)c1. The molecule has 7 nitrogen and oxygen atoms in total. The molecule has 1 aliphatic heterocycles. The Balaban J connectivity index is 1.60. The van der Waals surface area contributed by atoms with Crippen molar-refractivity contribution in [1.82, 2.24) is 9.80 Å². The first-order valence-electron chi connectivity index (χ1n) is 15.3. The summed E-state index contributed by atoms with van der Waals surface area (Å²) in [6.45, 7) is 11.8. The number of hydrogen-bond acceptors (Lipinski definition) is 5. The summed E-state index contributed by atoms with van der Waals surface area (Å²) in [7, 11) is -3.63. The van der Waals surface area contributed by atoms with Gasteiger partial charge in [-0.1, -0.05) is 74.5 Å². The molecule has 0 unspecified atom stereocenters. The molecule has 43 heavy (non-hydrogen) atoms. The van der Waals surface area contributed by atoms with Crippen molar-refractivity contribution in [3.63, 3.8) is 0 Å². The Kier molecular flexibility index (Phi) is 11.2. The molecule has 8 heteroatoms. The van der Waals surface area contributed by atoms with Crippen LogP contribution in [0.3, 0.4) is 0 Å². The van der Waals surface area contributed by atoms with E-state index < -0.39 is 9.84 Å². The average Bonchev–Trinajstić information content (AvgIpc) is 3.00.